The third-order valence-corrected chi connectivity index (χ3v) is 16.7. The van der Waals surface area contributed by atoms with Gasteiger partial charge < -0.3 is 52.5 Å². The van der Waals surface area contributed by atoms with Gasteiger partial charge in [0.15, 0.2) is 23.9 Å². The van der Waals surface area contributed by atoms with Gasteiger partial charge in [0.1, 0.15) is 41.1 Å². The average Bonchev–Trinajstić information content (AvgIpc) is 3.15. The molecule has 3 aliphatic rings. The Morgan fingerprint density at radius 3 is 1.63 bits per heavy atom. The van der Waals surface area contributed by atoms with Crippen molar-refractivity contribution >= 4 is 62.7 Å². The maximum atomic E-state index is 13.9. The minimum atomic E-state index is -1.26. The standard InChI is InChI=1S/C69H77N3O16S/c1-3-63(73)81-41-15-7-5-13-39-79-52-29-33-54(34-30-52)85-65(75)47-21-23-49(24-22-47)67(77)87-56-37-38-59(51(43-56)44-70-72(69-71-58-17-9-12-20-62(58)89-69)45-57-46-83-60-18-10-11-19-61(60)84-57)88-68(78)50-27-25-48(26-28-50)66(76)86-55-35-31-53(32-36-55)80-40-14-6-8-16-42-82-64(74)4-2/h3-4,9-12,17-20,29-38,43-44,47-50,57,68,78H,1-2,5-8,13-16,21-28,39-42,45-46H2/b70-44+. The lowest BCUT2D eigenvalue weighted by molar-refractivity contribution is -0.145. The lowest BCUT2D eigenvalue weighted by atomic mass is 9.81. The van der Waals surface area contributed by atoms with E-state index in [1.165, 1.54) is 11.3 Å². The van der Waals surface area contributed by atoms with Crippen molar-refractivity contribution in [3.05, 3.63) is 146 Å². The number of esters is 5. The molecule has 0 saturated heterocycles. The lowest BCUT2D eigenvalue weighted by Crippen LogP contribution is -2.39. The Bertz CT molecular complexity index is 3300. The Hall–Kier alpha value is -8.75. The van der Waals surface area contributed by atoms with Gasteiger partial charge in [-0.15, -0.1) is 0 Å². The molecule has 5 aromatic carbocycles. The molecule has 1 aliphatic heterocycles. The summed E-state index contributed by atoms with van der Waals surface area (Å²) in [4.78, 5) is 67.9. The first-order valence-electron chi connectivity index (χ1n) is 30.7. The molecule has 2 saturated carbocycles. The first-order chi connectivity index (χ1) is 43.5. The molecule has 2 fully saturated rings. The molecule has 2 atom stereocenters. The predicted molar refractivity (Wildman–Crippen MR) is 335 cm³/mol. The maximum Gasteiger partial charge on any atom is 0.330 e. The first-order valence-corrected chi connectivity index (χ1v) is 31.5. The van der Waals surface area contributed by atoms with E-state index in [4.69, 9.17) is 57.5 Å². The highest BCUT2D eigenvalue weighted by Gasteiger charge is 2.35. The van der Waals surface area contributed by atoms with Gasteiger partial charge in [0.2, 0.25) is 5.13 Å². The molecule has 9 rings (SSSR count). The number of para-hydroxylation sites is 3. The first kappa shape index (κ1) is 64.7. The van der Waals surface area contributed by atoms with Gasteiger partial charge in [-0.2, -0.15) is 5.10 Å². The van der Waals surface area contributed by atoms with Crippen LogP contribution in [-0.4, -0.2) is 98.1 Å². The quantitative estimate of drug-likeness (QED) is 0.00787. The maximum absolute atomic E-state index is 13.9. The van der Waals surface area contributed by atoms with Gasteiger partial charge in [0.25, 0.3) is 0 Å². The summed E-state index contributed by atoms with van der Waals surface area (Å²) in [6.45, 7) is 9.10. The summed E-state index contributed by atoms with van der Waals surface area (Å²) in [6, 6.07) is 34.1. The fourth-order valence-electron chi connectivity index (χ4n) is 10.6. The van der Waals surface area contributed by atoms with Gasteiger partial charge in [-0.25, -0.2) is 19.6 Å². The van der Waals surface area contributed by atoms with Crippen molar-refractivity contribution in [1.82, 2.24) is 4.98 Å². The number of anilines is 1. The second-order valence-corrected chi connectivity index (χ2v) is 23.1. The zero-order valence-corrected chi connectivity index (χ0v) is 50.8. The number of aliphatic hydroxyl groups is 1. The molecule has 19 nitrogen and oxygen atoms in total. The monoisotopic (exact) mass is 1240 g/mol. The van der Waals surface area contributed by atoms with E-state index in [1.54, 1.807) is 78.0 Å². The van der Waals surface area contributed by atoms with Crippen molar-refractivity contribution < 1.29 is 76.4 Å². The molecule has 1 aromatic heterocycles. The van der Waals surface area contributed by atoms with E-state index in [-0.39, 0.29) is 48.4 Å². The molecule has 89 heavy (non-hydrogen) atoms. The highest BCUT2D eigenvalue weighted by molar-refractivity contribution is 7.22. The van der Waals surface area contributed by atoms with E-state index in [2.05, 4.69) is 13.2 Å². The number of thiazole rings is 1. The number of unbranched alkanes of at least 4 members (excludes halogenated alkanes) is 6. The second kappa shape index (κ2) is 33.6. The molecule has 0 radical (unpaired) electrons. The van der Waals surface area contributed by atoms with Crippen LogP contribution in [0.15, 0.2) is 146 Å². The Labute approximate surface area is 522 Å². The number of carbonyl (C=O) groups excluding carboxylic acids is 5. The van der Waals surface area contributed by atoms with Gasteiger partial charge in [0.05, 0.1) is 67.2 Å². The SMILES string of the molecule is C=CC(=O)OCCCCCCOc1ccc(OC(=O)C2CCC(C(=O)Oc3ccc(OC(O)C4CCC(C(=O)Oc5ccc(OCCCCCCOC(=O)C=C)cc5)CC4)c(/C=N/N(CC4COc5ccccc5O4)c4nc5ccccc5s4)c3)CC2)cc1. The summed E-state index contributed by atoms with van der Waals surface area (Å²) in [7, 11) is 0. The number of fused-ring (bicyclic) bond motifs is 2. The largest absolute Gasteiger partial charge is 0.494 e. The van der Waals surface area contributed by atoms with Crippen molar-refractivity contribution in [2.75, 3.05) is 44.6 Å². The number of hydrogen-bond acceptors (Lipinski definition) is 20. The molecule has 0 spiro atoms. The summed E-state index contributed by atoms with van der Waals surface area (Å²) in [6.07, 6.45) is 12.8. The van der Waals surface area contributed by atoms with Crippen LogP contribution >= 0.6 is 11.3 Å². The van der Waals surface area contributed by atoms with Crippen LogP contribution in [0.4, 0.5) is 5.13 Å². The lowest BCUT2D eigenvalue weighted by Gasteiger charge is -2.30. The van der Waals surface area contributed by atoms with E-state index in [9.17, 15) is 29.1 Å². The molecule has 470 valence electrons. The van der Waals surface area contributed by atoms with E-state index in [0.29, 0.717) is 123 Å². The number of aliphatic hydroxyl groups excluding tert-OH is 1. The zero-order chi connectivity index (χ0) is 62.2. The van der Waals surface area contributed by atoms with Gasteiger partial charge >= 0.3 is 29.8 Å². The van der Waals surface area contributed by atoms with Gasteiger partial charge in [0, 0.05) is 23.6 Å². The van der Waals surface area contributed by atoms with Crippen molar-refractivity contribution in [2.45, 2.75) is 115 Å². The third kappa shape index (κ3) is 19.9. The molecule has 0 bridgehead atoms. The van der Waals surface area contributed by atoms with Crippen molar-refractivity contribution in [3.63, 3.8) is 0 Å². The van der Waals surface area contributed by atoms with Crippen LogP contribution in [0.5, 0.6) is 46.0 Å². The Balaban J connectivity index is 0.797. The normalized spacial score (nSPS) is 18.2. The van der Waals surface area contributed by atoms with Gasteiger partial charge in [-0.05, 0) is 194 Å². The van der Waals surface area contributed by atoms with Gasteiger partial charge in [-0.3, -0.25) is 14.4 Å². The Morgan fingerprint density at radius 2 is 1.08 bits per heavy atom. The van der Waals surface area contributed by atoms with Crippen molar-refractivity contribution in [3.8, 4) is 46.0 Å². The number of nitrogens with zero attached hydrogens (tertiary/aromatic N) is 3. The van der Waals surface area contributed by atoms with E-state index in [1.807, 2.05) is 48.5 Å². The zero-order valence-electron chi connectivity index (χ0n) is 50.0. The number of rotatable bonds is 32. The number of aromatic nitrogens is 1. The molecule has 1 N–H and O–H groups in total. The molecule has 6 aromatic rings. The molecule has 2 unspecified atom stereocenters. The molecular weight excluding hydrogens is 1160 g/mol. The van der Waals surface area contributed by atoms with Crippen molar-refractivity contribution in [2.24, 2.45) is 28.8 Å². The summed E-state index contributed by atoms with van der Waals surface area (Å²) < 4.78 is 59.1. The van der Waals surface area contributed by atoms with E-state index in [0.717, 1.165) is 73.7 Å². The van der Waals surface area contributed by atoms with Crippen LogP contribution in [0, 0.1) is 23.7 Å². The van der Waals surface area contributed by atoms with Gasteiger partial charge in [-0.1, -0.05) is 48.8 Å². The molecular formula is C69H77N3O16S. The average molecular weight is 1240 g/mol. The second-order valence-electron chi connectivity index (χ2n) is 22.1. The minimum absolute atomic E-state index is 0.235. The van der Waals surface area contributed by atoms with Crippen LogP contribution < -0.4 is 42.9 Å². The summed E-state index contributed by atoms with van der Waals surface area (Å²) in [5.74, 6) is 0.412. The topological polar surface area (TPSA) is 226 Å². The van der Waals surface area contributed by atoms with Crippen LogP contribution in [0.1, 0.15) is 108 Å². The van der Waals surface area contributed by atoms with E-state index >= 15 is 0 Å². The van der Waals surface area contributed by atoms with Crippen molar-refractivity contribution in [1.29, 1.82) is 0 Å². The summed E-state index contributed by atoms with van der Waals surface area (Å²) in [5.41, 5.74) is 1.21. The highest BCUT2D eigenvalue weighted by atomic mass is 32.1. The fourth-order valence-corrected chi connectivity index (χ4v) is 11.5. The highest BCUT2D eigenvalue weighted by Crippen LogP contribution is 2.38. The van der Waals surface area contributed by atoms with Crippen LogP contribution in [0.25, 0.3) is 10.2 Å². The third-order valence-electron chi connectivity index (χ3n) is 15.7. The number of benzene rings is 5. The van der Waals surface area contributed by atoms with Crippen LogP contribution in [-0.2, 0) is 33.4 Å². The molecule has 2 heterocycles. The molecule has 2 aliphatic carbocycles. The van der Waals surface area contributed by atoms with E-state index < -0.39 is 42.1 Å². The molecule has 20 heteroatoms. The Kier molecular flexibility index (Phi) is 24.4. The number of carbonyl (C=O) groups is 5. The fraction of sp³-hybridized carbons (Fsp3) is 0.406. The predicted octanol–water partition coefficient (Wildman–Crippen LogP) is 12.7. The minimum Gasteiger partial charge on any atom is -0.494 e. The smallest absolute Gasteiger partial charge is 0.330 e. The number of hydrazone groups is 1. The number of ether oxygens (including phenoxy) is 10. The number of hydrogen-bond donors (Lipinski definition) is 1. The Morgan fingerprint density at radius 1 is 0.596 bits per heavy atom. The van der Waals surface area contributed by atoms with Crippen LogP contribution in [0.2, 0.25) is 0 Å². The summed E-state index contributed by atoms with van der Waals surface area (Å²) >= 11 is 1.46. The molecule has 0 amide bonds. The van der Waals surface area contributed by atoms with Crippen LogP contribution in [0.3, 0.4) is 0 Å². The summed E-state index contributed by atoms with van der Waals surface area (Å²) in [5, 5.41) is 19.1.